The van der Waals surface area contributed by atoms with Gasteiger partial charge in [-0.1, -0.05) is 172 Å². The van der Waals surface area contributed by atoms with Gasteiger partial charge in [-0.2, -0.15) is 0 Å². The third kappa shape index (κ3) is 6.94. The molecular formula is C58H44N4O. The second-order valence-corrected chi connectivity index (χ2v) is 16.4. The highest BCUT2D eigenvalue weighted by Crippen LogP contribution is 2.39. The Morgan fingerprint density at radius 1 is 0.556 bits per heavy atom. The van der Waals surface area contributed by atoms with Crippen molar-refractivity contribution in [1.29, 1.82) is 0 Å². The molecule has 0 aliphatic carbocycles. The Morgan fingerprint density at radius 2 is 1.27 bits per heavy atom. The molecule has 63 heavy (non-hydrogen) atoms. The summed E-state index contributed by atoms with van der Waals surface area (Å²) in [7, 11) is 0. The van der Waals surface area contributed by atoms with Crippen molar-refractivity contribution in [3.05, 3.63) is 224 Å². The van der Waals surface area contributed by atoms with Gasteiger partial charge in [-0.25, -0.2) is 4.98 Å². The molecule has 0 saturated carbocycles. The van der Waals surface area contributed by atoms with E-state index in [1.54, 1.807) is 22.8 Å². The van der Waals surface area contributed by atoms with Gasteiger partial charge in [-0.3, -0.25) is 13.7 Å². The number of rotatable bonds is 8. The summed E-state index contributed by atoms with van der Waals surface area (Å²) in [5.41, 5.74) is 7.65. The van der Waals surface area contributed by atoms with Gasteiger partial charge in [0.05, 0.1) is 45.8 Å². The van der Waals surface area contributed by atoms with Crippen molar-refractivity contribution in [1.82, 2.24) is 14.1 Å². The van der Waals surface area contributed by atoms with Crippen molar-refractivity contribution >= 4 is 32.8 Å². The van der Waals surface area contributed by atoms with Crippen LogP contribution in [0.4, 0.5) is 0 Å². The summed E-state index contributed by atoms with van der Waals surface area (Å²) in [4.78, 5) is 4.87. The first-order chi connectivity index (χ1) is 34.6. The summed E-state index contributed by atoms with van der Waals surface area (Å²) in [6.07, 6.45) is 5.41. The van der Waals surface area contributed by atoms with Crippen LogP contribution in [0, 0.1) is 6.33 Å². The van der Waals surface area contributed by atoms with E-state index in [9.17, 15) is 0 Å². The Bertz CT molecular complexity index is 3980. The Kier molecular flexibility index (Phi) is 7.19. The molecule has 3 aromatic heterocycles. The van der Waals surface area contributed by atoms with Gasteiger partial charge in [0.2, 0.25) is 0 Å². The maximum absolute atomic E-state index is 9.09. The highest BCUT2D eigenvalue weighted by molar-refractivity contribution is 6.09. The SMILES string of the molecule is [2H]c1cc(-c2cccc(-c3c([2H])c([2H])c([2H])c([2H])c3[2H])c2-[n+]2[c-]n(-c3cc(Oc4ccc5c6ccccc6n(-c6cc(C(C)(C)C)ccn6)c5c4)cc(-c4ccccc4)c3)c3ccccc32)c([2H])c([2H])c1[2H]. The summed E-state index contributed by atoms with van der Waals surface area (Å²) in [5.74, 6) is 1.92. The topological polar surface area (TPSA) is 35.9 Å². The van der Waals surface area contributed by atoms with Crippen LogP contribution >= 0.6 is 0 Å². The van der Waals surface area contributed by atoms with Crippen LogP contribution in [-0.4, -0.2) is 14.1 Å². The minimum absolute atomic E-state index is 0.0770. The Morgan fingerprint density at radius 3 is 2.10 bits per heavy atom. The van der Waals surface area contributed by atoms with Crippen LogP contribution in [0.1, 0.15) is 38.7 Å². The average Bonchev–Trinajstić information content (AvgIpc) is 3.94. The van der Waals surface area contributed by atoms with E-state index in [1.165, 1.54) is 6.07 Å². The molecule has 0 aliphatic heterocycles. The number of hydrogen-bond donors (Lipinski definition) is 0. The maximum Gasteiger partial charge on any atom is 0.269 e. The molecule has 0 amide bonds. The molecule has 0 radical (unpaired) electrons. The van der Waals surface area contributed by atoms with Crippen molar-refractivity contribution in [3.8, 4) is 62.1 Å². The van der Waals surface area contributed by atoms with E-state index in [0.717, 1.165) is 44.3 Å². The lowest BCUT2D eigenvalue weighted by Crippen LogP contribution is -2.31. The molecule has 0 bridgehead atoms. The number of para-hydroxylation sites is 4. The van der Waals surface area contributed by atoms with Gasteiger partial charge in [-0.05, 0) is 92.9 Å². The van der Waals surface area contributed by atoms with Crippen molar-refractivity contribution in [2.75, 3.05) is 0 Å². The fraction of sp³-hybridized carbons (Fsp3) is 0.0690. The number of fused-ring (bicyclic) bond motifs is 4. The smallest absolute Gasteiger partial charge is 0.269 e. The average molecular weight is 822 g/mol. The lowest BCUT2D eigenvalue weighted by atomic mass is 9.88. The van der Waals surface area contributed by atoms with E-state index in [2.05, 4.69) is 62.0 Å². The zero-order valence-electron chi connectivity index (χ0n) is 43.7. The Balaban J connectivity index is 1.13. The van der Waals surface area contributed by atoms with Crippen LogP contribution in [0.15, 0.2) is 212 Å². The first kappa shape index (κ1) is 29.3. The molecule has 5 nitrogen and oxygen atoms in total. The van der Waals surface area contributed by atoms with Gasteiger partial charge in [0, 0.05) is 23.0 Å². The molecule has 8 aromatic carbocycles. The predicted octanol–water partition coefficient (Wildman–Crippen LogP) is 14.3. The minimum atomic E-state index is -0.541. The largest absolute Gasteiger partial charge is 0.458 e. The van der Waals surface area contributed by atoms with Crippen molar-refractivity contribution in [3.63, 3.8) is 0 Å². The van der Waals surface area contributed by atoms with E-state index in [-0.39, 0.29) is 39.9 Å². The van der Waals surface area contributed by atoms with Crippen molar-refractivity contribution in [2.45, 2.75) is 26.2 Å². The number of benzene rings is 8. The van der Waals surface area contributed by atoms with Gasteiger partial charge >= 0.3 is 0 Å². The monoisotopic (exact) mass is 821 g/mol. The van der Waals surface area contributed by atoms with E-state index >= 15 is 0 Å². The number of hydrogen-bond acceptors (Lipinski definition) is 2. The first-order valence-corrected chi connectivity index (χ1v) is 20.7. The first-order valence-electron chi connectivity index (χ1n) is 25.2. The van der Waals surface area contributed by atoms with Crippen LogP contribution < -0.4 is 9.30 Å². The van der Waals surface area contributed by atoms with Crippen LogP contribution in [0.3, 0.4) is 0 Å². The number of ether oxygens (including phenoxy) is 1. The Hall–Kier alpha value is -8.02. The molecule has 3 heterocycles. The normalized spacial score (nSPS) is 13.7. The second kappa shape index (κ2) is 15.5. The molecule has 11 rings (SSSR count). The highest BCUT2D eigenvalue weighted by Gasteiger charge is 2.22. The zero-order valence-corrected chi connectivity index (χ0v) is 34.7. The molecule has 5 heteroatoms. The van der Waals surface area contributed by atoms with Gasteiger partial charge in [0.1, 0.15) is 17.3 Å². The minimum Gasteiger partial charge on any atom is -0.458 e. The van der Waals surface area contributed by atoms with Crippen LogP contribution in [0.25, 0.3) is 83.4 Å². The molecule has 11 aromatic rings. The fourth-order valence-electron chi connectivity index (χ4n) is 8.40. The van der Waals surface area contributed by atoms with Crippen molar-refractivity contribution in [2.24, 2.45) is 0 Å². The standard InChI is InChI=1S/C58H44N4O/c1-58(2,3)44-32-33-59-56(36-44)62-52-27-14-13-24-50(52)51-31-30-46(38-55(51)62)63-47-35-43(40-18-7-4-8-19-40)34-45(37-47)60-39-61(54-29-16-15-28-53(54)60)57-48(41-20-9-5-10-21-41)25-17-26-49(57)42-22-11-6-12-23-42/h4-38H,1-3H3/i5D,6D,9D,10D,11D,12D,20D,21D,22D. The number of imidazole rings is 1. The quantitative estimate of drug-likeness (QED) is 0.113. The number of aromatic nitrogens is 4. The van der Waals surface area contributed by atoms with E-state index in [1.807, 2.05) is 108 Å². The number of nitrogens with zero attached hydrogens (tertiary/aromatic N) is 4. The van der Waals surface area contributed by atoms with Gasteiger partial charge < -0.3 is 4.74 Å². The zero-order chi connectivity index (χ0) is 50.3. The lowest BCUT2D eigenvalue weighted by Gasteiger charge is -2.20. The molecular weight excluding hydrogens is 769 g/mol. The molecule has 0 N–H and O–H groups in total. The summed E-state index contributed by atoms with van der Waals surface area (Å²) in [5, 5.41) is 2.13. The summed E-state index contributed by atoms with van der Waals surface area (Å²) < 4.78 is 91.2. The molecule has 0 saturated heterocycles. The third-order valence-corrected chi connectivity index (χ3v) is 11.4. The Labute approximate surface area is 380 Å². The van der Waals surface area contributed by atoms with Gasteiger partial charge in [0.15, 0.2) is 0 Å². The van der Waals surface area contributed by atoms with Gasteiger partial charge in [-0.15, -0.1) is 0 Å². The summed E-state index contributed by atoms with van der Waals surface area (Å²) in [6.45, 7) is 6.56. The van der Waals surface area contributed by atoms with Crippen LogP contribution in [0.2, 0.25) is 0 Å². The van der Waals surface area contributed by atoms with Gasteiger partial charge in [0.25, 0.3) is 6.33 Å². The lowest BCUT2D eigenvalue weighted by molar-refractivity contribution is -0.571. The maximum atomic E-state index is 9.09. The van der Waals surface area contributed by atoms with Crippen LogP contribution in [0.5, 0.6) is 11.5 Å². The molecule has 302 valence electrons. The molecule has 0 fully saturated rings. The third-order valence-electron chi connectivity index (χ3n) is 11.4. The van der Waals surface area contributed by atoms with Crippen LogP contribution in [-0.2, 0) is 5.41 Å². The number of pyridine rings is 1. The second-order valence-electron chi connectivity index (χ2n) is 16.4. The highest BCUT2D eigenvalue weighted by atomic mass is 16.5. The summed E-state index contributed by atoms with van der Waals surface area (Å²) >= 11 is 0. The summed E-state index contributed by atoms with van der Waals surface area (Å²) in [6, 6.07) is 44.5. The molecule has 0 spiro atoms. The van der Waals surface area contributed by atoms with E-state index < -0.39 is 42.3 Å². The molecule has 0 aliphatic rings. The van der Waals surface area contributed by atoms with E-state index in [4.69, 9.17) is 22.1 Å². The van der Waals surface area contributed by atoms with E-state index in [0.29, 0.717) is 33.8 Å². The fourth-order valence-corrected chi connectivity index (χ4v) is 8.40. The predicted molar refractivity (Wildman–Crippen MR) is 257 cm³/mol. The molecule has 0 atom stereocenters. The molecule has 0 unspecified atom stereocenters. The van der Waals surface area contributed by atoms with Crippen molar-refractivity contribution < 1.29 is 21.6 Å².